The molecule has 23 heavy (non-hydrogen) atoms. The highest BCUT2D eigenvalue weighted by atomic mass is 32.1. The van der Waals surface area contributed by atoms with Crippen LogP contribution >= 0.6 is 11.3 Å². The fraction of sp³-hybridized carbons (Fsp3) is 0.765. The van der Waals surface area contributed by atoms with Gasteiger partial charge in [-0.3, -0.25) is 4.99 Å². The van der Waals surface area contributed by atoms with Gasteiger partial charge in [-0.25, -0.2) is 4.98 Å². The summed E-state index contributed by atoms with van der Waals surface area (Å²) in [5, 5.41) is 10.0. The Bertz CT molecular complexity index is 446. The number of nitrogens with one attached hydrogen (secondary N) is 2. The maximum Gasteiger partial charge on any atom is 0.190 e. The van der Waals surface area contributed by atoms with Crippen molar-refractivity contribution >= 4 is 17.3 Å². The van der Waals surface area contributed by atoms with Crippen molar-refractivity contribution in [2.45, 2.75) is 52.4 Å². The average Bonchev–Trinajstić information content (AvgIpc) is 3.01. The van der Waals surface area contributed by atoms with Crippen LogP contribution in [0.3, 0.4) is 0 Å². The first-order valence-corrected chi connectivity index (χ1v) is 9.51. The van der Waals surface area contributed by atoms with E-state index in [1.807, 2.05) is 0 Å². The van der Waals surface area contributed by atoms with Crippen molar-refractivity contribution < 1.29 is 4.74 Å². The second-order valence-electron chi connectivity index (χ2n) is 5.83. The van der Waals surface area contributed by atoms with E-state index in [0.29, 0.717) is 5.92 Å². The molecule has 0 radical (unpaired) electrons. The van der Waals surface area contributed by atoms with Gasteiger partial charge < -0.3 is 15.4 Å². The van der Waals surface area contributed by atoms with Gasteiger partial charge in [-0.15, -0.1) is 11.3 Å². The van der Waals surface area contributed by atoms with Crippen molar-refractivity contribution in [2.24, 2.45) is 4.99 Å². The normalized spacial score (nSPS) is 12.0. The molecule has 6 heteroatoms. The molecule has 0 unspecified atom stereocenters. The molecule has 5 nitrogen and oxygen atoms in total. The van der Waals surface area contributed by atoms with Crippen molar-refractivity contribution in [2.75, 3.05) is 33.4 Å². The number of rotatable bonds is 11. The summed E-state index contributed by atoms with van der Waals surface area (Å²) in [6.07, 6.45) is 4.25. The smallest absolute Gasteiger partial charge is 0.190 e. The van der Waals surface area contributed by atoms with E-state index >= 15 is 0 Å². The molecule has 0 aliphatic carbocycles. The fourth-order valence-electron chi connectivity index (χ4n) is 1.96. The van der Waals surface area contributed by atoms with Crippen LogP contribution in [0.5, 0.6) is 0 Å². The van der Waals surface area contributed by atoms with Crippen molar-refractivity contribution in [3.05, 3.63) is 16.1 Å². The summed E-state index contributed by atoms with van der Waals surface area (Å²) < 4.78 is 5.54. The lowest BCUT2D eigenvalue weighted by Crippen LogP contribution is -2.39. The van der Waals surface area contributed by atoms with Crippen LogP contribution in [0.25, 0.3) is 0 Å². The van der Waals surface area contributed by atoms with E-state index < -0.39 is 0 Å². The Balaban J connectivity index is 2.11. The Morgan fingerprint density at radius 3 is 2.65 bits per heavy atom. The highest BCUT2D eigenvalue weighted by molar-refractivity contribution is 7.09. The minimum Gasteiger partial charge on any atom is -0.381 e. The fourth-order valence-corrected chi connectivity index (χ4v) is 2.83. The molecule has 0 bridgehead atoms. The Morgan fingerprint density at radius 1 is 1.26 bits per heavy atom. The summed E-state index contributed by atoms with van der Waals surface area (Å²) in [6.45, 7) is 9.93. The Kier molecular flexibility index (Phi) is 10.6. The maximum absolute atomic E-state index is 5.54. The van der Waals surface area contributed by atoms with Crippen LogP contribution in [0.15, 0.2) is 10.4 Å². The first kappa shape index (κ1) is 19.9. The molecule has 0 aliphatic rings. The van der Waals surface area contributed by atoms with Gasteiger partial charge in [0.15, 0.2) is 5.96 Å². The Morgan fingerprint density at radius 2 is 2.00 bits per heavy atom. The van der Waals surface area contributed by atoms with Crippen molar-refractivity contribution in [3.8, 4) is 0 Å². The topological polar surface area (TPSA) is 58.5 Å². The average molecular weight is 341 g/mol. The van der Waals surface area contributed by atoms with Crippen LogP contribution in [0.2, 0.25) is 0 Å². The van der Waals surface area contributed by atoms with E-state index in [1.165, 1.54) is 11.4 Å². The molecule has 2 N–H and O–H groups in total. The van der Waals surface area contributed by atoms with Gasteiger partial charge in [0.2, 0.25) is 0 Å². The minimum absolute atomic E-state index is 0.510. The van der Waals surface area contributed by atoms with Crippen LogP contribution in [-0.2, 0) is 11.2 Å². The molecule has 0 fully saturated rings. The number of hydrogen-bond donors (Lipinski definition) is 2. The highest BCUT2D eigenvalue weighted by Gasteiger charge is 2.05. The summed E-state index contributed by atoms with van der Waals surface area (Å²) in [5.41, 5.74) is 1.16. The molecule has 132 valence electrons. The molecular formula is C17H32N4OS. The van der Waals surface area contributed by atoms with E-state index in [1.54, 1.807) is 18.4 Å². The van der Waals surface area contributed by atoms with E-state index in [-0.39, 0.29) is 0 Å². The number of guanidine groups is 1. The third-order valence-electron chi connectivity index (χ3n) is 3.36. The monoisotopic (exact) mass is 340 g/mol. The molecular weight excluding hydrogens is 308 g/mol. The summed E-state index contributed by atoms with van der Waals surface area (Å²) in [5.74, 6) is 1.36. The largest absolute Gasteiger partial charge is 0.381 e. The number of hydrogen-bond acceptors (Lipinski definition) is 4. The lowest BCUT2D eigenvalue weighted by atomic mass is 10.2. The Hall–Kier alpha value is -1.14. The molecule has 0 aromatic carbocycles. The van der Waals surface area contributed by atoms with Crippen LogP contribution in [0.1, 0.15) is 56.7 Å². The van der Waals surface area contributed by atoms with Gasteiger partial charge in [-0.2, -0.15) is 0 Å². The quantitative estimate of drug-likeness (QED) is 0.369. The first-order chi connectivity index (χ1) is 11.2. The van der Waals surface area contributed by atoms with E-state index in [2.05, 4.69) is 46.8 Å². The second-order valence-corrected chi connectivity index (χ2v) is 6.72. The molecule has 1 rings (SSSR count). The molecule has 0 atom stereocenters. The minimum atomic E-state index is 0.510. The number of aliphatic imine (C=N–C) groups is 1. The molecule has 1 heterocycles. The predicted molar refractivity (Wildman–Crippen MR) is 99.6 cm³/mol. The number of unbranched alkanes of at least 4 members (excludes halogenated alkanes) is 1. The molecule has 1 aromatic rings. The zero-order valence-electron chi connectivity index (χ0n) is 15.0. The summed E-state index contributed by atoms with van der Waals surface area (Å²) >= 11 is 1.75. The summed E-state index contributed by atoms with van der Waals surface area (Å²) in [4.78, 5) is 8.88. The summed E-state index contributed by atoms with van der Waals surface area (Å²) in [6, 6.07) is 0. The van der Waals surface area contributed by atoms with Gasteiger partial charge in [-0.1, -0.05) is 27.2 Å². The highest BCUT2D eigenvalue weighted by Crippen LogP contribution is 2.19. The molecule has 0 amide bonds. The number of thiazole rings is 1. The van der Waals surface area contributed by atoms with Gasteiger partial charge in [0, 0.05) is 51.1 Å². The van der Waals surface area contributed by atoms with Gasteiger partial charge in [0.1, 0.15) is 0 Å². The van der Waals surface area contributed by atoms with Crippen LogP contribution < -0.4 is 10.6 Å². The van der Waals surface area contributed by atoms with Crippen molar-refractivity contribution in [1.29, 1.82) is 0 Å². The predicted octanol–water partition coefficient (Wildman–Crippen LogP) is 3.18. The number of nitrogens with zero attached hydrogens (tertiary/aromatic N) is 2. The van der Waals surface area contributed by atoms with Gasteiger partial charge >= 0.3 is 0 Å². The second kappa shape index (κ2) is 12.3. The lowest BCUT2D eigenvalue weighted by molar-refractivity contribution is 0.129. The molecule has 0 saturated carbocycles. The third kappa shape index (κ3) is 8.91. The number of aromatic nitrogens is 1. The molecule has 0 saturated heterocycles. The molecule has 0 spiro atoms. The third-order valence-corrected chi connectivity index (χ3v) is 4.55. The lowest BCUT2D eigenvalue weighted by Gasteiger charge is -2.11. The van der Waals surface area contributed by atoms with Crippen LogP contribution in [-0.4, -0.2) is 44.3 Å². The molecule has 0 aliphatic heterocycles. The SMILES string of the molecule is CCCCOCCCNC(=NC)NCCc1csc(C(C)C)n1. The van der Waals surface area contributed by atoms with Crippen LogP contribution in [0.4, 0.5) is 0 Å². The maximum atomic E-state index is 5.54. The van der Waals surface area contributed by atoms with Gasteiger partial charge in [-0.05, 0) is 12.8 Å². The van der Waals surface area contributed by atoms with E-state index in [4.69, 9.17) is 4.74 Å². The standard InChI is InChI=1S/C17H32N4OS/c1-5-6-11-22-12-7-9-19-17(18-4)20-10-8-15-13-23-16(21-15)14(2)3/h13-14H,5-12H2,1-4H3,(H2,18,19,20). The van der Waals surface area contributed by atoms with E-state index in [9.17, 15) is 0 Å². The van der Waals surface area contributed by atoms with Crippen LogP contribution in [0, 0.1) is 0 Å². The van der Waals surface area contributed by atoms with Crippen molar-refractivity contribution in [1.82, 2.24) is 15.6 Å². The molecule has 1 aromatic heterocycles. The van der Waals surface area contributed by atoms with Crippen molar-refractivity contribution in [3.63, 3.8) is 0 Å². The van der Waals surface area contributed by atoms with Gasteiger partial charge in [0.05, 0.1) is 10.7 Å². The van der Waals surface area contributed by atoms with E-state index in [0.717, 1.165) is 57.2 Å². The van der Waals surface area contributed by atoms with Gasteiger partial charge in [0.25, 0.3) is 0 Å². The Labute approximate surface area is 145 Å². The number of ether oxygens (including phenoxy) is 1. The zero-order chi connectivity index (χ0) is 16.9. The first-order valence-electron chi connectivity index (χ1n) is 8.64. The summed E-state index contributed by atoms with van der Waals surface area (Å²) in [7, 11) is 1.80. The zero-order valence-corrected chi connectivity index (χ0v) is 15.8.